The van der Waals surface area contributed by atoms with Gasteiger partial charge in [-0.25, -0.2) is 0 Å². The van der Waals surface area contributed by atoms with Crippen LogP contribution in [0.2, 0.25) is 0 Å². The molecule has 0 atom stereocenters. The Morgan fingerprint density at radius 1 is 1.18 bits per heavy atom. The molecule has 7 nitrogen and oxygen atoms in total. The van der Waals surface area contributed by atoms with Gasteiger partial charge >= 0.3 is 0 Å². The molecular weight excluding hydrogens is 380 g/mol. The van der Waals surface area contributed by atoms with Gasteiger partial charge in [-0.2, -0.15) is 0 Å². The van der Waals surface area contributed by atoms with E-state index in [2.05, 4.69) is 10.2 Å². The van der Waals surface area contributed by atoms with Gasteiger partial charge < -0.3 is 23.8 Å². The number of aromatic nitrogens is 2. The van der Waals surface area contributed by atoms with Crippen molar-refractivity contribution >= 4 is 23.8 Å². The van der Waals surface area contributed by atoms with E-state index >= 15 is 0 Å². The average Bonchev–Trinajstić information content (AvgIpc) is 3.11. The Morgan fingerprint density at radius 2 is 1.96 bits per heavy atom. The van der Waals surface area contributed by atoms with Gasteiger partial charge in [-0.3, -0.25) is 0 Å². The molecule has 0 N–H and O–H groups in total. The molecule has 0 saturated carbocycles. The van der Waals surface area contributed by atoms with Crippen LogP contribution in [-0.4, -0.2) is 23.3 Å². The highest BCUT2D eigenvalue weighted by Crippen LogP contribution is 2.32. The van der Waals surface area contributed by atoms with Crippen LogP contribution in [0.25, 0.3) is 6.08 Å². The van der Waals surface area contributed by atoms with E-state index in [1.807, 2.05) is 30.3 Å². The third kappa shape index (κ3) is 5.14. The molecule has 0 aliphatic carbocycles. The molecule has 0 saturated heterocycles. The summed E-state index contributed by atoms with van der Waals surface area (Å²) < 4.78 is 16.4. The summed E-state index contributed by atoms with van der Waals surface area (Å²) >= 11 is 0.824. The minimum Gasteiger partial charge on any atom is -0.544 e. The summed E-state index contributed by atoms with van der Waals surface area (Å²) in [5, 5.41) is 19.0. The summed E-state index contributed by atoms with van der Waals surface area (Å²) in [4.78, 5) is 11.4. The Balaban J connectivity index is 1.79. The lowest BCUT2D eigenvalue weighted by molar-refractivity contribution is -0.298. The van der Waals surface area contributed by atoms with Crippen LogP contribution in [0, 0.1) is 6.92 Å². The molecule has 0 spiro atoms. The van der Waals surface area contributed by atoms with Crippen molar-refractivity contribution in [1.82, 2.24) is 10.2 Å². The van der Waals surface area contributed by atoms with Gasteiger partial charge in [0.25, 0.3) is 5.22 Å². The molecule has 3 rings (SSSR count). The number of rotatable bonds is 8. The first-order valence-corrected chi connectivity index (χ1v) is 9.12. The highest BCUT2D eigenvalue weighted by Gasteiger charge is 2.11. The van der Waals surface area contributed by atoms with Crippen LogP contribution in [0.3, 0.4) is 0 Å². The van der Waals surface area contributed by atoms with E-state index in [-0.39, 0.29) is 10.1 Å². The van der Waals surface area contributed by atoms with Crippen LogP contribution < -0.4 is 14.6 Å². The fraction of sp³-hybridized carbons (Fsp3) is 0.150. The molecule has 1 aromatic heterocycles. The first-order chi connectivity index (χ1) is 13.5. The first-order valence-electron chi connectivity index (χ1n) is 8.31. The molecule has 0 aliphatic heterocycles. The van der Waals surface area contributed by atoms with Crippen LogP contribution >= 0.6 is 11.8 Å². The summed E-state index contributed by atoms with van der Waals surface area (Å²) in [6, 6.07) is 14.9. The third-order valence-electron chi connectivity index (χ3n) is 3.63. The monoisotopic (exact) mass is 397 g/mol. The van der Waals surface area contributed by atoms with Crippen molar-refractivity contribution in [2.24, 2.45) is 0 Å². The second kappa shape index (κ2) is 9.09. The van der Waals surface area contributed by atoms with Crippen LogP contribution in [0.15, 0.2) is 63.1 Å². The van der Waals surface area contributed by atoms with Crippen LogP contribution in [0.1, 0.15) is 17.0 Å². The van der Waals surface area contributed by atoms with E-state index in [9.17, 15) is 9.90 Å². The van der Waals surface area contributed by atoms with E-state index in [4.69, 9.17) is 13.9 Å². The number of benzene rings is 2. The highest BCUT2D eigenvalue weighted by atomic mass is 32.2. The third-order valence-corrected chi connectivity index (χ3v) is 4.47. The molecular formula is C20H17N2O5S-. The maximum absolute atomic E-state index is 11.4. The van der Waals surface area contributed by atoms with Crippen molar-refractivity contribution in [3.8, 4) is 11.5 Å². The van der Waals surface area contributed by atoms with E-state index in [0.29, 0.717) is 29.6 Å². The van der Waals surface area contributed by atoms with Crippen molar-refractivity contribution in [2.75, 3.05) is 7.11 Å². The molecule has 0 aliphatic rings. The Bertz CT molecular complexity index is 985. The zero-order chi connectivity index (χ0) is 19.9. The lowest BCUT2D eigenvalue weighted by atomic mass is 10.2. The molecule has 8 heteroatoms. The maximum Gasteiger partial charge on any atom is 0.281 e. The number of hydrogen-bond donors (Lipinski definition) is 0. The van der Waals surface area contributed by atoms with Crippen molar-refractivity contribution in [3.63, 3.8) is 0 Å². The summed E-state index contributed by atoms with van der Waals surface area (Å²) in [6.45, 7) is 2.02. The van der Waals surface area contributed by atoms with Gasteiger partial charge in [-0.15, -0.1) is 10.2 Å². The van der Waals surface area contributed by atoms with Gasteiger partial charge in [0.2, 0.25) is 5.89 Å². The number of methoxy groups -OCH3 is 1. The van der Waals surface area contributed by atoms with Crippen LogP contribution in [0.5, 0.6) is 11.5 Å². The van der Waals surface area contributed by atoms with Gasteiger partial charge in [0.1, 0.15) is 6.61 Å². The summed E-state index contributed by atoms with van der Waals surface area (Å²) in [7, 11) is 1.52. The van der Waals surface area contributed by atoms with Gasteiger partial charge in [-0.1, -0.05) is 36.4 Å². The van der Waals surface area contributed by atoms with Crippen molar-refractivity contribution in [1.29, 1.82) is 0 Å². The molecule has 1 heterocycles. The maximum atomic E-state index is 11.4. The zero-order valence-corrected chi connectivity index (χ0v) is 16.1. The standard InChI is InChI=1S/C20H18N2O5S/c1-13-21-22-20(27-13)28-18(19(23)24)11-15-8-9-16(17(10-15)25-2)26-12-14-6-4-3-5-7-14/h3-11H,12H2,1-2H3,(H,23,24)/p-1/b18-11-. The van der Waals surface area contributed by atoms with Gasteiger partial charge in [0, 0.05) is 11.8 Å². The van der Waals surface area contributed by atoms with Crippen LogP contribution in [0.4, 0.5) is 0 Å². The number of hydrogen-bond acceptors (Lipinski definition) is 8. The minimum absolute atomic E-state index is 0.0661. The summed E-state index contributed by atoms with van der Waals surface area (Å²) in [6.07, 6.45) is 1.45. The largest absolute Gasteiger partial charge is 0.544 e. The number of ether oxygens (including phenoxy) is 2. The quantitative estimate of drug-likeness (QED) is 0.423. The Hall–Kier alpha value is -3.26. The fourth-order valence-electron chi connectivity index (χ4n) is 2.32. The number of aliphatic carboxylic acids is 1. The molecule has 2 aromatic carbocycles. The number of nitrogens with zero attached hydrogens (tertiary/aromatic N) is 2. The zero-order valence-electron chi connectivity index (χ0n) is 15.2. The number of carboxylic acids is 1. The lowest BCUT2D eigenvalue weighted by Gasteiger charge is -2.12. The SMILES string of the molecule is COc1cc(/C=C(\Sc2nnc(C)o2)C(=O)[O-])ccc1OCc1ccccc1. The first kappa shape index (κ1) is 19.5. The average molecular weight is 397 g/mol. The number of aryl methyl sites for hydroxylation is 1. The number of thioether (sulfide) groups is 1. The molecule has 0 amide bonds. The number of carboxylic acid groups (broad SMARTS) is 1. The smallest absolute Gasteiger partial charge is 0.281 e. The van der Waals surface area contributed by atoms with Crippen molar-refractivity contribution < 1.29 is 23.8 Å². The summed E-state index contributed by atoms with van der Waals surface area (Å²) in [5.41, 5.74) is 1.63. The fourth-order valence-corrected chi connectivity index (χ4v) is 3.03. The molecule has 3 aromatic rings. The predicted molar refractivity (Wildman–Crippen MR) is 102 cm³/mol. The molecule has 28 heavy (non-hydrogen) atoms. The van der Waals surface area contributed by atoms with E-state index in [1.54, 1.807) is 25.1 Å². The van der Waals surface area contributed by atoms with Crippen LogP contribution in [-0.2, 0) is 11.4 Å². The van der Waals surface area contributed by atoms with Gasteiger partial charge in [-0.05, 0) is 41.1 Å². The number of carbonyl (C=O) groups excluding carboxylic acids is 1. The number of carbonyl (C=O) groups is 1. The van der Waals surface area contributed by atoms with E-state index < -0.39 is 5.97 Å². The van der Waals surface area contributed by atoms with Crippen molar-refractivity contribution in [3.05, 3.63) is 70.5 Å². The van der Waals surface area contributed by atoms with E-state index in [0.717, 1.165) is 17.3 Å². The Kier molecular flexibility index (Phi) is 6.33. The van der Waals surface area contributed by atoms with Gasteiger partial charge in [0.15, 0.2) is 11.5 Å². The topological polar surface area (TPSA) is 97.5 Å². The Labute approximate surface area is 166 Å². The normalized spacial score (nSPS) is 11.3. The minimum atomic E-state index is -1.34. The second-order valence-corrected chi connectivity index (χ2v) is 6.66. The van der Waals surface area contributed by atoms with Crippen molar-refractivity contribution in [2.45, 2.75) is 18.8 Å². The highest BCUT2D eigenvalue weighted by molar-refractivity contribution is 8.03. The predicted octanol–water partition coefficient (Wildman–Crippen LogP) is 2.85. The molecule has 0 fully saturated rings. The van der Waals surface area contributed by atoms with Gasteiger partial charge in [0.05, 0.1) is 13.1 Å². The molecule has 0 radical (unpaired) electrons. The second-order valence-electron chi connectivity index (χ2n) is 5.67. The molecule has 0 bridgehead atoms. The van der Waals surface area contributed by atoms with E-state index in [1.165, 1.54) is 13.2 Å². The summed E-state index contributed by atoms with van der Waals surface area (Å²) in [5.74, 6) is 0.0469. The lowest BCUT2D eigenvalue weighted by Crippen LogP contribution is -2.23. The molecule has 0 unspecified atom stereocenters. The Morgan fingerprint density at radius 3 is 2.61 bits per heavy atom. The molecule has 144 valence electrons.